The van der Waals surface area contributed by atoms with Gasteiger partial charge in [0.1, 0.15) is 11.6 Å². The van der Waals surface area contributed by atoms with Gasteiger partial charge in [0.2, 0.25) is 0 Å². The molecule has 1 N–H and O–H groups in total. The number of rotatable bonds is 7. The zero-order chi connectivity index (χ0) is 45.0. The fraction of sp³-hybridized carbons (Fsp3) is 0.200. The Labute approximate surface area is 379 Å². The molecule has 4 nitrogen and oxygen atoms in total. The third kappa shape index (κ3) is 8.29. The van der Waals surface area contributed by atoms with E-state index in [0.29, 0.717) is 11.4 Å². The highest BCUT2D eigenvalue weighted by atomic mass is 16.3. The molecule has 9 aromatic rings. The first-order valence-electron chi connectivity index (χ1n) is 22.4. The van der Waals surface area contributed by atoms with Gasteiger partial charge < -0.3 is 5.11 Å². The average molecular weight is 836 g/mol. The highest BCUT2D eigenvalue weighted by molar-refractivity contribution is 5.97. The quantitative estimate of drug-likeness (QED) is 0.174. The minimum Gasteiger partial charge on any atom is -0.507 e. The fourth-order valence-corrected chi connectivity index (χ4v) is 8.62. The summed E-state index contributed by atoms with van der Waals surface area (Å²) in [5, 5.41) is 11.5. The average Bonchev–Trinajstić information content (AvgIpc) is 3.68. The van der Waals surface area contributed by atoms with Crippen LogP contribution in [0.3, 0.4) is 0 Å². The summed E-state index contributed by atoms with van der Waals surface area (Å²) in [4.78, 5) is 10.5. The fourth-order valence-electron chi connectivity index (χ4n) is 8.62. The molecule has 7 aromatic carbocycles. The van der Waals surface area contributed by atoms with Crippen molar-refractivity contribution >= 4 is 11.0 Å². The lowest BCUT2D eigenvalue weighted by Crippen LogP contribution is -2.12. The van der Waals surface area contributed by atoms with Crippen LogP contribution in [-0.4, -0.2) is 19.6 Å². The van der Waals surface area contributed by atoms with Gasteiger partial charge in [0, 0.05) is 22.9 Å². The van der Waals surface area contributed by atoms with Gasteiger partial charge in [0.15, 0.2) is 0 Å². The highest BCUT2D eigenvalue weighted by Gasteiger charge is 2.25. The van der Waals surface area contributed by atoms with Crippen LogP contribution in [0.2, 0.25) is 0 Å². The van der Waals surface area contributed by atoms with Crippen molar-refractivity contribution in [3.63, 3.8) is 0 Å². The molecule has 4 heteroatoms. The van der Waals surface area contributed by atoms with Gasteiger partial charge in [-0.05, 0) is 121 Å². The number of benzene rings is 7. The third-order valence-corrected chi connectivity index (χ3v) is 12.5. The van der Waals surface area contributed by atoms with E-state index in [9.17, 15) is 5.11 Å². The van der Waals surface area contributed by atoms with Crippen LogP contribution in [0.5, 0.6) is 5.75 Å². The van der Waals surface area contributed by atoms with E-state index in [0.717, 1.165) is 61.4 Å². The number of phenolic OH excluding ortho intramolecular Hbond substituents is 1. The van der Waals surface area contributed by atoms with Crippen molar-refractivity contribution in [3.05, 3.63) is 193 Å². The van der Waals surface area contributed by atoms with E-state index in [-0.39, 0.29) is 22.0 Å². The monoisotopic (exact) mass is 835 g/mol. The number of nitrogens with zero attached hydrogens (tertiary/aromatic N) is 3. The molecule has 0 aliphatic heterocycles. The van der Waals surface area contributed by atoms with Crippen LogP contribution in [0, 0.1) is 0 Å². The van der Waals surface area contributed by atoms with Gasteiger partial charge in [-0.15, -0.1) is 0 Å². The van der Waals surface area contributed by atoms with Crippen LogP contribution < -0.4 is 0 Å². The van der Waals surface area contributed by atoms with E-state index in [1.807, 2.05) is 30.5 Å². The molecule has 9 rings (SSSR count). The second-order valence-corrected chi connectivity index (χ2v) is 20.2. The molecule has 0 saturated carbocycles. The zero-order valence-electron chi connectivity index (χ0n) is 38.5. The van der Waals surface area contributed by atoms with Crippen LogP contribution >= 0.6 is 0 Å². The molecule has 0 spiro atoms. The smallest absolute Gasteiger partial charge is 0.149 e. The molecule has 2 aromatic heterocycles. The van der Waals surface area contributed by atoms with Gasteiger partial charge in [-0.2, -0.15) is 0 Å². The van der Waals surface area contributed by atoms with Crippen molar-refractivity contribution in [2.45, 2.75) is 78.6 Å². The minimum atomic E-state index is -0.143. The van der Waals surface area contributed by atoms with Gasteiger partial charge in [0.05, 0.1) is 28.0 Å². The van der Waals surface area contributed by atoms with E-state index in [4.69, 9.17) is 9.97 Å². The normalized spacial score (nSPS) is 12.2. The largest absolute Gasteiger partial charge is 0.507 e. The van der Waals surface area contributed by atoms with Crippen molar-refractivity contribution in [2.75, 3.05) is 0 Å². The Morgan fingerprint density at radius 1 is 0.406 bits per heavy atom. The lowest BCUT2D eigenvalue weighted by molar-refractivity contribution is 0.477. The zero-order valence-corrected chi connectivity index (χ0v) is 38.5. The van der Waals surface area contributed by atoms with Gasteiger partial charge >= 0.3 is 0 Å². The molecule has 0 aliphatic rings. The second kappa shape index (κ2) is 16.3. The van der Waals surface area contributed by atoms with E-state index >= 15 is 0 Å². The second-order valence-electron chi connectivity index (χ2n) is 20.2. The number of phenols is 1. The van der Waals surface area contributed by atoms with Crippen molar-refractivity contribution < 1.29 is 5.11 Å². The molecule has 318 valence electrons. The lowest BCUT2D eigenvalue weighted by atomic mass is 9.83. The molecule has 0 fully saturated rings. The molecule has 0 saturated heterocycles. The first-order chi connectivity index (χ1) is 30.5. The predicted molar refractivity (Wildman–Crippen MR) is 269 cm³/mol. The Bertz CT molecular complexity index is 3140. The van der Waals surface area contributed by atoms with Crippen LogP contribution in [-0.2, 0) is 16.2 Å². The standard InChI is InChI=1S/C60H57N3O/c1-58(2,3)46-28-26-42(27-29-46)51-38-47(59(4,5)6)30-31-53(51)63-54-20-15-19-49(56(54)62-57(63)50-18-13-14-21-55(50)64)44-34-45(36-48(35-44)60(7,8)9)52-37-43(32-33-61-52)41-24-22-40(23-25-41)39-16-11-10-12-17-39/h10-38,64H,1-9H3. The number of fused-ring (bicyclic) bond motifs is 1. The summed E-state index contributed by atoms with van der Waals surface area (Å²) in [6.07, 6.45) is 1.92. The number of imidazole rings is 1. The molecular weight excluding hydrogens is 779 g/mol. The molecule has 0 atom stereocenters. The maximum Gasteiger partial charge on any atom is 0.149 e. The molecule has 0 amide bonds. The Kier molecular flexibility index (Phi) is 10.7. The van der Waals surface area contributed by atoms with Crippen molar-refractivity contribution in [1.82, 2.24) is 14.5 Å². The molecular formula is C60H57N3O. The van der Waals surface area contributed by atoms with Crippen LogP contribution in [0.25, 0.3) is 83.9 Å². The number of aromatic nitrogens is 3. The molecule has 64 heavy (non-hydrogen) atoms. The summed E-state index contributed by atoms with van der Waals surface area (Å²) < 4.78 is 2.25. The first kappa shape index (κ1) is 42.3. The summed E-state index contributed by atoms with van der Waals surface area (Å²) in [5.41, 5.74) is 17.9. The number of aromatic hydroxyl groups is 1. The molecule has 0 bridgehead atoms. The summed E-state index contributed by atoms with van der Waals surface area (Å²) in [5.74, 6) is 0.858. The first-order valence-corrected chi connectivity index (χ1v) is 22.4. The van der Waals surface area contributed by atoms with E-state index in [2.05, 4.69) is 206 Å². The molecule has 0 radical (unpaired) electrons. The minimum absolute atomic E-state index is 0.0295. The maximum absolute atomic E-state index is 11.5. The Hall–Kier alpha value is -7.04. The molecule has 2 heterocycles. The molecule has 0 aliphatic carbocycles. The number of hydrogen-bond donors (Lipinski definition) is 1. The van der Waals surface area contributed by atoms with Gasteiger partial charge in [-0.1, -0.05) is 178 Å². The highest BCUT2D eigenvalue weighted by Crippen LogP contribution is 2.43. The van der Waals surface area contributed by atoms with Gasteiger partial charge in [-0.3, -0.25) is 9.55 Å². The molecule has 0 unspecified atom stereocenters. The summed E-state index contributed by atoms with van der Waals surface area (Å²) in [6, 6.07) is 60.2. The maximum atomic E-state index is 11.5. The third-order valence-electron chi connectivity index (χ3n) is 12.5. The summed E-state index contributed by atoms with van der Waals surface area (Å²) in [7, 11) is 0. The number of pyridine rings is 1. The van der Waals surface area contributed by atoms with Gasteiger partial charge in [0.25, 0.3) is 0 Å². The van der Waals surface area contributed by atoms with Crippen LogP contribution in [0.1, 0.15) is 79.0 Å². The van der Waals surface area contributed by atoms with E-state index in [1.54, 1.807) is 6.07 Å². The topological polar surface area (TPSA) is 50.9 Å². The van der Waals surface area contributed by atoms with Crippen molar-refractivity contribution in [3.8, 4) is 78.6 Å². The Morgan fingerprint density at radius 2 is 0.984 bits per heavy atom. The number of hydrogen-bond acceptors (Lipinski definition) is 3. The Balaban J connectivity index is 1.23. The Morgan fingerprint density at radius 3 is 1.66 bits per heavy atom. The predicted octanol–water partition coefficient (Wildman–Crippen LogP) is 16.0. The summed E-state index contributed by atoms with van der Waals surface area (Å²) in [6.45, 7) is 20.3. The SMILES string of the molecule is CC(C)(C)c1ccc(-c2cc(C(C)(C)C)ccc2-n2c(-c3ccccc3O)nc3c(-c4cc(-c5cc(-c6ccc(-c7ccccc7)cc6)ccn5)cc(C(C)(C)C)c4)cccc32)cc1. The lowest BCUT2D eigenvalue weighted by Gasteiger charge is -2.24. The number of para-hydroxylation sites is 2. The summed E-state index contributed by atoms with van der Waals surface area (Å²) >= 11 is 0. The van der Waals surface area contributed by atoms with Crippen molar-refractivity contribution in [1.29, 1.82) is 0 Å². The van der Waals surface area contributed by atoms with Crippen molar-refractivity contribution in [2.24, 2.45) is 0 Å². The van der Waals surface area contributed by atoms with E-state index in [1.165, 1.54) is 27.8 Å². The van der Waals surface area contributed by atoms with Crippen LogP contribution in [0.4, 0.5) is 0 Å². The van der Waals surface area contributed by atoms with Crippen LogP contribution in [0.15, 0.2) is 176 Å². The van der Waals surface area contributed by atoms with Gasteiger partial charge in [-0.25, -0.2) is 4.98 Å². The van der Waals surface area contributed by atoms with E-state index < -0.39 is 0 Å².